The van der Waals surface area contributed by atoms with Gasteiger partial charge in [0.15, 0.2) is 0 Å². The Labute approximate surface area is 118 Å². The highest BCUT2D eigenvalue weighted by Gasteiger charge is 2.38. The van der Waals surface area contributed by atoms with Crippen molar-refractivity contribution >= 4 is 5.91 Å². The van der Waals surface area contributed by atoms with E-state index in [9.17, 15) is 4.79 Å². The summed E-state index contributed by atoms with van der Waals surface area (Å²) < 4.78 is 0. The van der Waals surface area contributed by atoms with Gasteiger partial charge in [0.25, 0.3) is 0 Å². The molecule has 112 valence electrons. The van der Waals surface area contributed by atoms with Crippen LogP contribution in [0.15, 0.2) is 0 Å². The molecule has 0 aromatic rings. The van der Waals surface area contributed by atoms with Gasteiger partial charge in [0.05, 0.1) is 5.41 Å². The van der Waals surface area contributed by atoms with Gasteiger partial charge in [0, 0.05) is 12.6 Å². The molecule has 0 spiro atoms. The first-order chi connectivity index (χ1) is 9.00. The Hall–Kier alpha value is -0.610. The lowest BCUT2D eigenvalue weighted by atomic mass is 9.76. The molecular weight excluding hydrogens is 238 g/mol. The number of rotatable bonds is 7. The van der Waals surface area contributed by atoms with Gasteiger partial charge in [-0.25, -0.2) is 0 Å². The van der Waals surface area contributed by atoms with Gasteiger partial charge in [-0.3, -0.25) is 4.79 Å². The average Bonchev–Trinajstić information content (AvgIpc) is 2.37. The molecule has 4 nitrogen and oxygen atoms in total. The van der Waals surface area contributed by atoms with Gasteiger partial charge < -0.3 is 15.5 Å². The standard InChI is InChI=1S/C15H31N3O/c1-5-8-15(9-6-10-16-12-15)14(19)17-13(2)7-11-18(3)4/h13,16H,5-12H2,1-4H3,(H,17,19). The second-order valence-electron chi connectivity index (χ2n) is 6.28. The van der Waals surface area contributed by atoms with Crippen molar-refractivity contribution in [2.75, 3.05) is 33.7 Å². The highest BCUT2D eigenvalue weighted by Crippen LogP contribution is 2.32. The third-order valence-corrected chi connectivity index (χ3v) is 4.07. The van der Waals surface area contributed by atoms with Crippen LogP contribution in [0.3, 0.4) is 0 Å². The fraction of sp³-hybridized carbons (Fsp3) is 0.933. The summed E-state index contributed by atoms with van der Waals surface area (Å²) in [6, 6.07) is 0.255. The summed E-state index contributed by atoms with van der Waals surface area (Å²) >= 11 is 0. The predicted molar refractivity (Wildman–Crippen MR) is 80.2 cm³/mol. The number of hydrogen-bond acceptors (Lipinski definition) is 3. The number of hydrogen-bond donors (Lipinski definition) is 2. The van der Waals surface area contributed by atoms with Crippen molar-refractivity contribution in [2.45, 2.75) is 52.0 Å². The van der Waals surface area contributed by atoms with Crippen molar-refractivity contribution in [1.82, 2.24) is 15.5 Å². The second-order valence-corrected chi connectivity index (χ2v) is 6.28. The Balaban J connectivity index is 2.52. The van der Waals surface area contributed by atoms with Gasteiger partial charge in [-0.2, -0.15) is 0 Å². The molecule has 1 aliphatic heterocycles. The zero-order chi connectivity index (χ0) is 14.3. The molecule has 1 saturated heterocycles. The molecule has 1 fully saturated rings. The van der Waals surface area contributed by atoms with Crippen LogP contribution in [0.4, 0.5) is 0 Å². The maximum absolute atomic E-state index is 12.6. The van der Waals surface area contributed by atoms with E-state index in [-0.39, 0.29) is 17.4 Å². The minimum Gasteiger partial charge on any atom is -0.353 e. The molecule has 19 heavy (non-hydrogen) atoms. The number of piperidine rings is 1. The SMILES string of the molecule is CCCC1(C(=O)NC(C)CCN(C)C)CCCNC1. The maximum atomic E-state index is 12.6. The smallest absolute Gasteiger partial charge is 0.227 e. The summed E-state index contributed by atoms with van der Waals surface area (Å²) in [7, 11) is 4.14. The van der Waals surface area contributed by atoms with E-state index in [0.29, 0.717) is 0 Å². The van der Waals surface area contributed by atoms with Crippen LogP contribution in [0.5, 0.6) is 0 Å². The molecule has 1 heterocycles. The number of amides is 1. The normalized spacial score (nSPS) is 25.3. The minimum atomic E-state index is -0.167. The molecule has 2 unspecified atom stereocenters. The lowest BCUT2D eigenvalue weighted by Crippen LogP contribution is -2.52. The molecule has 1 aliphatic rings. The largest absolute Gasteiger partial charge is 0.353 e. The van der Waals surface area contributed by atoms with E-state index >= 15 is 0 Å². The van der Waals surface area contributed by atoms with Crippen LogP contribution in [0.1, 0.15) is 46.0 Å². The van der Waals surface area contributed by atoms with Gasteiger partial charge in [0.1, 0.15) is 0 Å². The van der Waals surface area contributed by atoms with Gasteiger partial charge in [-0.05, 0) is 59.8 Å². The third kappa shape index (κ3) is 5.11. The number of nitrogens with one attached hydrogen (secondary N) is 2. The van der Waals surface area contributed by atoms with Gasteiger partial charge in [-0.1, -0.05) is 13.3 Å². The van der Waals surface area contributed by atoms with Crippen LogP contribution in [0.2, 0.25) is 0 Å². The average molecular weight is 269 g/mol. The predicted octanol–water partition coefficient (Wildman–Crippen LogP) is 1.61. The highest BCUT2D eigenvalue weighted by atomic mass is 16.2. The van der Waals surface area contributed by atoms with Crippen LogP contribution in [0, 0.1) is 5.41 Å². The van der Waals surface area contributed by atoms with E-state index in [1.54, 1.807) is 0 Å². The van der Waals surface area contributed by atoms with Crippen molar-refractivity contribution < 1.29 is 4.79 Å². The Morgan fingerprint density at radius 1 is 1.47 bits per heavy atom. The van der Waals surface area contributed by atoms with E-state index in [2.05, 4.69) is 43.5 Å². The summed E-state index contributed by atoms with van der Waals surface area (Å²) in [6.07, 6.45) is 5.21. The Bertz CT molecular complexity index is 267. The molecule has 1 amide bonds. The number of nitrogens with zero attached hydrogens (tertiary/aromatic N) is 1. The Morgan fingerprint density at radius 3 is 2.74 bits per heavy atom. The van der Waals surface area contributed by atoms with Crippen LogP contribution < -0.4 is 10.6 Å². The molecule has 0 aromatic heterocycles. The number of carbonyl (C=O) groups is 1. The van der Waals surface area contributed by atoms with E-state index in [4.69, 9.17) is 0 Å². The Morgan fingerprint density at radius 2 is 2.21 bits per heavy atom. The van der Waals surface area contributed by atoms with Crippen LogP contribution in [-0.4, -0.2) is 50.6 Å². The lowest BCUT2D eigenvalue weighted by molar-refractivity contribution is -0.133. The van der Waals surface area contributed by atoms with Gasteiger partial charge >= 0.3 is 0 Å². The monoisotopic (exact) mass is 269 g/mol. The number of carbonyl (C=O) groups excluding carboxylic acids is 1. The van der Waals surface area contributed by atoms with E-state index in [0.717, 1.165) is 51.7 Å². The van der Waals surface area contributed by atoms with Gasteiger partial charge in [-0.15, -0.1) is 0 Å². The maximum Gasteiger partial charge on any atom is 0.227 e. The molecule has 0 bridgehead atoms. The van der Waals surface area contributed by atoms with E-state index < -0.39 is 0 Å². The van der Waals surface area contributed by atoms with Crippen LogP contribution in [-0.2, 0) is 4.79 Å². The zero-order valence-corrected chi connectivity index (χ0v) is 13.1. The van der Waals surface area contributed by atoms with Crippen molar-refractivity contribution in [3.05, 3.63) is 0 Å². The van der Waals surface area contributed by atoms with E-state index in [1.165, 1.54) is 0 Å². The first-order valence-electron chi connectivity index (χ1n) is 7.66. The molecule has 0 aromatic carbocycles. The topological polar surface area (TPSA) is 44.4 Å². The quantitative estimate of drug-likeness (QED) is 0.738. The summed E-state index contributed by atoms with van der Waals surface area (Å²) in [5, 5.41) is 6.62. The van der Waals surface area contributed by atoms with Crippen LogP contribution >= 0.6 is 0 Å². The molecular formula is C15H31N3O. The molecule has 1 rings (SSSR count). The summed E-state index contributed by atoms with van der Waals surface area (Å²) in [5.74, 6) is 0.257. The summed E-state index contributed by atoms with van der Waals surface area (Å²) in [6.45, 7) is 7.18. The fourth-order valence-electron chi connectivity index (χ4n) is 2.87. The fourth-order valence-corrected chi connectivity index (χ4v) is 2.87. The first-order valence-corrected chi connectivity index (χ1v) is 7.66. The molecule has 2 N–H and O–H groups in total. The first kappa shape index (κ1) is 16.4. The summed E-state index contributed by atoms with van der Waals surface area (Å²) in [4.78, 5) is 14.8. The highest BCUT2D eigenvalue weighted by molar-refractivity contribution is 5.83. The zero-order valence-electron chi connectivity index (χ0n) is 13.1. The molecule has 0 radical (unpaired) electrons. The Kier molecular flexibility index (Phi) is 6.80. The van der Waals surface area contributed by atoms with Crippen molar-refractivity contribution in [3.63, 3.8) is 0 Å². The van der Waals surface area contributed by atoms with Crippen molar-refractivity contribution in [2.24, 2.45) is 5.41 Å². The van der Waals surface area contributed by atoms with Crippen molar-refractivity contribution in [3.8, 4) is 0 Å². The minimum absolute atomic E-state index is 0.167. The molecule has 0 aliphatic carbocycles. The third-order valence-electron chi connectivity index (χ3n) is 4.07. The van der Waals surface area contributed by atoms with Crippen molar-refractivity contribution in [1.29, 1.82) is 0 Å². The second kappa shape index (κ2) is 7.85. The molecule has 4 heteroatoms. The van der Waals surface area contributed by atoms with Gasteiger partial charge in [0.2, 0.25) is 5.91 Å². The van der Waals surface area contributed by atoms with E-state index in [1.807, 2.05) is 0 Å². The van der Waals surface area contributed by atoms with Crippen LogP contribution in [0.25, 0.3) is 0 Å². The molecule has 0 saturated carbocycles. The summed E-state index contributed by atoms with van der Waals surface area (Å²) in [5.41, 5.74) is -0.167. The molecule has 2 atom stereocenters. The lowest BCUT2D eigenvalue weighted by Gasteiger charge is -2.37.